The molecule has 0 amide bonds. The molecule has 0 radical (unpaired) electrons. The third-order valence-corrected chi connectivity index (χ3v) is 6.19. The molecule has 2 aliphatic rings. The lowest BCUT2D eigenvalue weighted by atomic mass is 9.46. The molecule has 0 heterocycles. The van der Waals surface area contributed by atoms with E-state index in [9.17, 15) is 9.90 Å². The molecule has 0 aromatic heterocycles. The predicted octanol–water partition coefficient (Wildman–Crippen LogP) is 4.13. The maximum atomic E-state index is 11.4. The number of aliphatic hydroxyl groups excluding tert-OH is 1. The Morgan fingerprint density at radius 1 is 1.35 bits per heavy atom. The first-order chi connectivity index (χ1) is 9.18. The molecule has 20 heavy (non-hydrogen) atoms. The van der Waals surface area contributed by atoms with Crippen molar-refractivity contribution in [3.63, 3.8) is 0 Å². The molecule has 2 saturated carbocycles. The minimum Gasteiger partial charge on any atom is -0.389 e. The first-order valence-corrected chi connectivity index (χ1v) is 8.04. The summed E-state index contributed by atoms with van der Waals surface area (Å²) in [7, 11) is 0. The summed E-state index contributed by atoms with van der Waals surface area (Å²) in [6, 6.07) is 0. The monoisotopic (exact) mass is 278 g/mol. The van der Waals surface area contributed by atoms with Gasteiger partial charge in [0, 0.05) is 6.42 Å². The van der Waals surface area contributed by atoms with Crippen molar-refractivity contribution >= 4 is 5.78 Å². The van der Waals surface area contributed by atoms with E-state index in [1.807, 2.05) is 0 Å². The van der Waals surface area contributed by atoms with Crippen molar-refractivity contribution in [1.82, 2.24) is 0 Å². The molecule has 1 N–H and O–H groups in total. The van der Waals surface area contributed by atoms with Crippen LogP contribution in [0.1, 0.15) is 66.2 Å². The molecular weight excluding hydrogens is 248 g/mol. The third kappa shape index (κ3) is 2.59. The van der Waals surface area contributed by atoms with Crippen LogP contribution < -0.4 is 0 Å². The molecule has 2 nitrogen and oxygen atoms in total. The van der Waals surface area contributed by atoms with Gasteiger partial charge in [0.2, 0.25) is 0 Å². The van der Waals surface area contributed by atoms with Crippen LogP contribution in [0.3, 0.4) is 0 Å². The maximum absolute atomic E-state index is 11.4. The van der Waals surface area contributed by atoms with Crippen LogP contribution in [0.5, 0.6) is 0 Å². The fourth-order valence-electron chi connectivity index (χ4n) is 5.06. The van der Waals surface area contributed by atoms with Gasteiger partial charge in [-0.15, -0.1) is 0 Å². The van der Waals surface area contributed by atoms with E-state index in [-0.39, 0.29) is 22.7 Å². The van der Waals surface area contributed by atoms with Gasteiger partial charge in [0.05, 0.1) is 6.10 Å². The number of hydrogen-bond donors (Lipinski definition) is 1. The first kappa shape index (κ1) is 15.8. The Morgan fingerprint density at radius 3 is 2.60 bits per heavy atom. The molecule has 2 unspecified atom stereocenters. The molecule has 2 heteroatoms. The minimum absolute atomic E-state index is 0.202. The molecule has 2 aliphatic carbocycles. The Bertz CT molecular complexity index is 410. The van der Waals surface area contributed by atoms with Crippen LogP contribution in [0.4, 0.5) is 0 Å². The smallest absolute Gasteiger partial charge is 0.129 e. The Hall–Kier alpha value is -0.630. The standard InChI is InChI=1S/C18H30O2/c1-12(19)7-8-14-13(2)15(20)11-16-17(3,4)9-6-10-18(14,16)5/h14-16,20H,2,6-11H2,1,3-5H3/t14-,15?,16?,18+/m0/s1. The summed E-state index contributed by atoms with van der Waals surface area (Å²) in [6.45, 7) is 12.9. The second-order valence-electron chi connectivity index (χ2n) is 8.02. The van der Waals surface area contributed by atoms with E-state index in [4.69, 9.17) is 0 Å². The van der Waals surface area contributed by atoms with E-state index < -0.39 is 0 Å². The van der Waals surface area contributed by atoms with Gasteiger partial charge in [-0.2, -0.15) is 0 Å². The minimum atomic E-state index is -0.387. The molecule has 0 aromatic carbocycles. The van der Waals surface area contributed by atoms with Gasteiger partial charge in [0.15, 0.2) is 0 Å². The highest BCUT2D eigenvalue weighted by molar-refractivity contribution is 5.75. The fourth-order valence-corrected chi connectivity index (χ4v) is 5.06. The summed E-state index contributed by atoms with van der Waals surface area (Å²) >= 11 is 0. The molecule has 0 bridgehead atoms. The number of carbonyl (C=O) groups is 1. The summed E-state index contributed by atoms with van der Waals surface area (Å²) in [6.07, 6.45) is 5.62. The van der Waals surface area contributed by atoms with E-state index in [2.05, 4.69) is 27.4 Å². The highest BCUT2D eigenvalue weighted by Gasteiger charge is 2.54. The van der Waals surface area contributed by atoms with E-state index in [1.54, 1.807) is 6.92 Å². The van der Waals surface area contributed by atoms with Crippen molar-refractivity contribution in [2.45, 2.75) is 72.3 Å². The molecule has 4 atom stereocenters. The molecule has 0 aliphatic heterocycles. The van der Waals surface area contributed by atoms with Gasteiger partial charge in [-0.3, -0.25) is 0 Å². The van der Waals surface area contributed by atoms with Crippen molar-refractivity contribution in [2.24, 2.45) is 22.7 Å². The van der Waals surface area contributed by atoms with Crippen LogP contribution in [-0.4, -0.2) is 17.0 Å². The van der Waals surface area contributed by atoms with Crippen LogP contribution in [0, 0.1) is 22.7 Å². The lowest BCUT2D eigenvalue weighted by Crippen LogP contribution is -2.52. The maximum Gasteiger partial charge on any atom is 0.129 e. The van der Waals surface area contributed by atoms with Crippen LogP contribution in [0.2, 0.25) is 0 Å². The van der Waals surface area contributed by atoms with Crippen LogP contribution in [0.25, 0.3) is 0 Å². The van der Waals surface area contributed by atoms with Gasteiger partial charge < -0.3 is 9.90 Å². The molecule has 0 saturated heterocycles. The first-order valence-electron chi connectivity index (χ1n) is 8.04. The van der Waals surface area contributed by atoms with Gasteiger partial charge in [0.25, 0.3) is 0 Å². The van der Waals surface area contributed by atoms with Crippen LogP contribution in [-0.2, 0) is 4.79 Å². The average Bonchev–Trinajstić information content (AvgIpc) is 2.31. The Morgan fingerprint density at radius 2 is 2.00 bits per heavy atom. The van der Waals surface area contributed by atoms with Gasteiger partial charge >= 0.3 is 0 Å². The number of aliphatic hydroxyl groups is 1. The largest absolute Gasteiger partial charge is 0.389 e. The molecular formula is C18H30O2. The molecule has 0 spiro atoms. The highest BCUT2D eigenvalue weighted by atomic mass is 16.3. The summed E-state index contributed by atoms with van der Waals surface area (Å²) in [4.78, 5) is 11.4. The molecule has 114 valence electrons. The summed E-state index contributed by atoms with van der Waals surface area (Å²) in [5.41, 5.74) is 1.46. The average molecular weight is 278 g/mol. The number of carbonyl (C=O) groups excluding carboxylic acids is 1. The second-order valence-corrected chi connectivity index (χ2v) is 8.02. The van der Waals surface area contributed by atoms with E-state index >= 15 is 0 Å². The normalized spacial score (nSPS) is 40.2. The zero-order valence-corrected chi connectivity index (χ0v) is 13.5. The van der Waals surface area contributed by atoms with Crippen molar-refractivity contribution in [2.75, 3.05) is 0 Å². The van der Waals surface area contributed by atoms with Crippen LogP contribution >= 0.6 is 0 Å². The van der Waals surface area contributed by atoms with Crippen molar-refractivity contribution in [3.05, 3.63) is 12.2 Å². The lowest BCUT2D eigenvalue weighted by molar-refractivity contribution is -0.118. The van der Waals surface area contributed by atoms with Crippen LogP contribution in [0.15, 0.2) is 12.2 Å². The van der Waals surface area contributed by atoms with E-state index in [0.29, 0.717) is 18.3 Å². The zero-order valence-electron chi connectivity index (χ0n) is 13.5. The SMILES string of the molecule is C=C1C(O)CC2C(C)(C)CCC[C@]2(C)[C@H]1CCC(C)=O. The molecule has 0 aromatic rings. The topological polar surface area (TPSA) is 37.3 Å². The van der Waals surface area contributed by atoms with Gasteiger partial charge in [-0.05, 0) is 60.8 Å². The summed E-state index contributed by atoms with van der Waals surface area (Å²) in [5, 5.41) is 10.4. The molecule has 2 rings (SSSR count). The Balaban J connectivity index is 2.31. The van der Waals surface area contributed by atoms with Crippen molar-refractivity contribution in [1.29, 1.82) is 0 Å². The zero-order chi connectivity index (χ0) is 15.1. The lowest BCUT2D eigenvalue weighted by Gasteiger charge is -2.59. The van der Waals surface area contributed by atoms with Crippen molar-refractivity contribution < 1.29 is 9.90 Å². The fraction of sp³-hybridized carbons (Fsp3) is 0.833. The number of fused-ring (bicyclic) bond motifs is 1. The highest BCUT2D eigenvalue weighted by Crippen LogP contribution is 2.61. The number of Topliss-reactive ketones (excluding diaryl/α,β-unsaturated/α-hetero) is 1. The van der Waals surface area contributed by atoms with Crippen molar-refractivity contribution in [3.8, 4) is 0 Å². The predicted molar refractivity (Wildman–Crippen MR) is 82.4 cm³/mol. The van der Waals surface area contributed by atoms with Gasteiger partial charge in [0.1, 0.15) is 5.78 Å². The number of rotatable bonds is 3. The Kier molecular flexibility index (Phi) is 4.17. The van der Waals surface area contributed by atoms with E-state index in [0.717, 1.165) is 18.4 Å². The number of hydrogen-bond acceptors (Lipinski definition) is 2. The van der Waals surface area contributed by atoms with Gasteiger partial charge in [-0.1, -0.05) is 33.8 Å². The summed E-state index contributed by atoms with van der Waals surface area (Å²) in [5.74, 6) is 1.06. The quantitative estimate of drug-likeness (QED) is 0.788. The second kappa shape index (κ2) is 5.29. The molecule has 2 fully saturated rings. The van der Waals surface area contributed by atoms with E-state index in [1.165, 1.54) is 19.3 Å². The Labute approximate surface area is 123 Å². The van der Waals surface area contributed by atoms with Gasteiger partial charge in [-0.25, -0.2) is 0 Å². The summed E-state index contributed by atoms with van der Waals surface area (Å²) < 4.78 is 0. The number of ketones is 1. The third-order valence-electron chi connectivity index (χ3n) is 6.19.